The van der Waals surface area contributed by atoms with Gasteiger partial charge in [-0.15, -0.1) is 6.58 Å². The van der Waals surface area contributed by atoms with Crippen molar-refractivity contribution in [2.45, 2.75) is 20.3 Å². The summed E-state index contributed by atoms with van der Waals surface area (Å²) < 4.78 is 0. The van der Waals surface area contributed by atoms with Crippen molar-refractivity contribution in [1.29, 1.82) is 0 Å². The summed E-state index contributed by atoms with van der Waals surface area (Å²) in [5, 5.41) is 3.27. The minimum absolute atomic E-state index is 0.163. The zero-order chi connectivity index (χ0) is 11.3. The Kier molecular flexibility index (Phi) is 4.82. The molecule has 1 heterocycles. The third-order valence-corrected chi connectivity index (χ3v) is 2.99. The van der Waals surface area contributed by atoms with Crippen molar-refractivity contribution in [3.05, 3.63) is 12.7 Å². The molecule has 1 fully saturated rings. The molecule has 1 aliphatic rings. The van der Waals surface area contributed by atoms with E-state index in [9.17, 15) is 4.79 Å². The van der Waals surface area contributed by atoms with Gasteiger partial charge in [-0.2, -0.15) is 0 Å². The van der Waals surface area contributed by atoms with Crippen LogP contribution >= 0.6 is 0 Å². The molecule has 15 heavy (non-hydrogen) atoms. The lowest BCUT2D eigenvalue weighted by Crippen LogP contribution is -2.39. The lowest BCUT2D eigenvalue weighted by molar-refractivity contribution is -0.135. The van der Waals surface area contributed by atoms with Crippen LogP contribution in [0, 0.1) is 11.8 Å². The fourth-order valence-electron chi connectivity index (χ4n) is 2.09. The molecule has 0 unspecified atom stereocenters. The number of carbonyl (C=O) groups excluding carboxylic acids is 1. The van der Waals surface area contributed by atoms with E-state index in [1.165, 1.54) is 0 Å². The van der Waals surface area contributed by atoms with Crippen LogP contribution in [0.2, 0.25) is 0 Å². The highest BCUT2D eigenvalue weighted by atomic mass is 16.2. The van der Waals surface area contributed by atoms with Gasteiger partial charge < -0.3 is 10.2 Å². The van der Waals surface area contributed by atoms with Crippen LogP contribution in [0.4, 0.5) is 0 Å². The molecule has 1 rings (SSSR count). The number of carbonyl (C=O) groups is 1. The van der Waals surface area contributed by atoms with Crippen molar-refractivity contribution >= 4 is 5.91 Å². The molecular formula is C12H22N2O. The van der Waals surface area contributed by atoms with E-state index in [0.717, 1.165) is 26.1 Å². The second-order valence-electron chi connectivity index (χ2n) is 4.31. The fraction of sp³-hybridized carbons (Fsp3) is 0.750. The maximum atomic E-state index is 12.2. The van der Waals surface area contributed by atoms with Crippen molar-refractivity contribution in [1.82, 2.24) is 10.2 Å². The van der Waals surface area contributed by atoms with Crippen LogP contribution in [-0.2, 0) is 4.79 Å². The Morgan fingerprint density at radius 3 is 2.80 bits per heavy atom. The van der Waals surface area contributed by atoms with Gasteiger partial charge in [-0.25, -0.2) is 0 Å². The number of rotatable bonds is 5. The Bertz CT molecular complexity index is 228. The van der Waals surface area contributed by atoms with E-state index in [1.807, 2.05) is 4.90 Å². The van der Waals surface area contributed by atoms with Crippen LogP contribution < -0.4 is 5.32 Å². The molecule has 2 atom stereocenters. The van der Waals surface area contributed by atoms with Gasteiger partial charge in [0, 0.05) is 19.6 Å². The van der Waals surface area contributed by atoms with Crippen LogP contribution in [0.1, 0.15) is 20.3 Å². The summed E-state index contributed by atoms with van der Waals surface area (Å²) in [6, 6.07) is 0. The van der Waals surface area contributed by atoms with Crippen molar-refractivity contribution in [2.75, 3.05) is 26.2 Å². The first kappa shape index (κ1) is 12.2. The summed E-state index contributed by atoms with van der Waals surface area (Å²) in [6.07, 6.45) is 2.81. The van der Waals surface area contributed by atoms with Gasteiger partial charge >= 0.3 is 0 Å². The average molecular weight is 210 g/mol. The molecule has 3 nitrogen and oxygen atoms in total. The van der Waals surface area contributed by atoms with Gasteiger partial charge in [0.05, 0.1) is 5.92 Å². The van der Waals surface area contributed by atoms with Gasteiger partial charge in [0.25, 0.3) is 0 Å². The molecule has 1 aliphatic heterocycles. The SMILES string of the molecule is C=CCN(CCC)C(=O)[C@@H]1CNC[C@H]1C. The fourth-order valence-corrected chi connectivity index (χ4v) is 2.09. The zero-order valence-electron chi connectivity index (χ0n) is 9.83. The van der Waals surface area contributed by atoms with Crippen molar-refractivity contribution in [3.8, 4) is 0 Å². The molecule has 1 amide bonds. The topological polar surface area (TPSA) is 32.3 Å². The molecule has 0 aliphatic carbocycles. The maximum Gasteiger partial charge on any atom is 0.227 e. The molecular weight excluding hydrogens is 188 g/mol. The average Bonchev–Trinajstić information content (AvgIpc) is 2.63. The Labute approximate surface area is 92.5 Å². The van der Waals surface area contributed by atoms with E-state index in [2.05, 4.69) is 25.7 Å². The molecule has 0 saturated carbocycles. The predicted octanol–water partition coefficient (Wildman–Crippen LogP) is 1.27. The molecule has 0 radical (unpaired) electrons. The summed E-state index contributed by atoms with van der Waals surface area (Å²) in [5.74, 6) is 0.910. The van der Waals surface area contributed by atoms with Crippen LogP contribution in [0.5, 0.6) is 0 Å². The number of amides is 1. The Morgan fingerprint density at radius 2 is 2.33 bits per heavy atom. The molecule has 1 saturated heterocycles. The van der Waals surface area contributed by atoms with Crippen molar-refractivity contribution in [3.63, 3.8) is 0 Å². The molecule has 0 aromatic carbocycles. The molecule has 0 bridgehead atoms. The standard InChI is InChI=1S/C12H22N2O/c1-4-6-14(7-5-2)12(15)11-9-13-8-10(11)3/h4,10-11,13H,1,5-9H2,2-3H3/t10-,11-/m1/s1. The van der Waals surface area contributed by atoms with E-state index < -0.39 is 0 Å². The summed E-state index contributed by atoms with van der Waals surface area (Å²) in [4.78, 5) is 14.1. The van der Waals surface area contributed by atoms with Gasteiger partial charge in [0.15, 0.2) is 0 Å². The Balaban J connectivity index is 2.57. The van der Waals surface area contributed by atoms with Gasteiger partial charge in [-0.3, -0.25) is 4.79 Å². The lowest BCUT2D eigenvalue weighted by Gasteiger charge is -2.25. The predicted molar refractivity (Wildman–Crippen MR) is 62.6 cm³/mol. The van der Waals surface area contributed by atoms with E-state index in [1.54, 1.807) is 6.08 Å². The normalized spacial score (nSPS) is 25.2. The Hall–Kier alpha value is -0.830. The minimum atomic E-state index is 0.163. The second-order valence-corrected chi connectivity index (χ2v) is 4.31. The second kappa shape index (κ2) is 5.91. The van der Waals surface area contributed by atoms with Gasteiger partial charge in [0.1, 0.15) is 0 Å². The van der Waals surface area contributed by atoms with Crippen molar-refractivity contribution in [2.24, 2.45) is 11.8 Å². The van der Waals surface area contributed by atoms with Crippen LogP contribution in [-0.4, -0.2) is 37.0 Å². The molecule has 1 N–H and O–H groups in total. The van der Waals surface area contributed by atoms with Gasteiger partial charge in [-0.1, -0.05) is 19.9 Å². The van der Waals surface area contributed by atoms with Crippen LogP contribution in [0.15, 0.2) is 12.7 Å². The van der Waals surface area contributed by atoms with Gasteiger partial charge in [-0.05, 0) is 18.9 Å². The van der Waals surface area contributed by atoms with Crippen LogP contribution in [0.25, 0.3) is 0 Å². The molecule has 3 heteroatoms. The van der Waals surface area contributed by atoms with Gasteiger partial charge in [0.2, 0.25) is 5.91 Å². The molecule has 0 spiro atoms. The number of hydrogen-bond donors (Lipinski definition) is 1. The quantitative estimate of drug-likeness (QED) is 0.693. The van der Waals surface area contributed by atoms with E-state index in [-0.39, 0.29) is 11.8 Å². The zero-order valence-corrected chi connectivity index (χ0v) is 9.83. The highest BCUT2D eigenvalue weighted by Gasteiger charge is 2.31. The van der Waals surface area contributed by atoms with E-state index in [4.69, 9.17) is 0 Å². The minimum Gasteiger partial charge on any atom is -0.339 e. The largest absolute Gasteiger partial charge is 0.339 e. The van der Waals surface area contributed by atoms with Crippen LogP contribution in [0.3, 0.4) is 0 Å². The monoisotopic (exact) mass is 210 g/mol. The third-order valence-electron chi connectivity index (χ3n) is 2.99. The number of nitrogens with one attached hydrogen (secondary N) is 1. The van der Waals surface area contributed by atoms with Crippen molar-refractivity contribution < 1.29 is 4.79 Å². The summed E-state index contributed by atoms with van der Waals surface area (Å²) in [6.45, 7) is 11.2. The molecule has 0 aromatic rings. The first-order valence-corrected chi connectivity index (χ1v) is 5.81. The number of nitrogens with zero attached hydrogens (tertiary/aromatic N) is 1. The lowest BCUT2D eigenvalue weighted by atomic mass is 9.96. The third kappa shape index (κ3) is 3.06. The summed E-state index contributed by atoms with van der Waals surface area (Å²) >= 11 is 0. The first-order chi connectivity index (χ1) is 7.20. The summed E-state index contributed by atoms with van der Waals surface area (Å²) in [7, 11) is 0. The maximum absolute atomic E-state index is 12.2. The van der Waals surface area contributed by atoms with E-state index in [0.29, 0.717) is 12.5 Å². The molecule has 0 aromatic heterocycles. The first-order valence-electron chi connectivity index (χ1n) is 5.81. The highest BCUT2D eigenvalue weighted by Crippen LogP contribution is 2.18. The van der Waals surface area contributed by atoms with E-state index >= 15 is 0 Å². The highest BCUT2D eigenvalue weighted by molar-refractivity contribution is 5.79. The number of hydrogen-bond acceptors (Lipinski definition) is 2. The molecule has 86 valence electrons. The Morgan fingerprint density at radius 1 is 1.60 bits per heavy atom. The smallest absolute Gasteiger partial charge is 0.227 e. The summed E-state index contributed by atoms with van der Waals surface area (Å²) in [5.41, 5.74) is 0.